The van der Waals surface area contributed by atoms with E-state index in [-0.39, 0.29) is 6.04 Å². The van der Waals surface area contributed by atoms with E-state index in [1.807, 2.05) is 0 Å². The molecule has 2 aliphatic carbocycles. The molecule has 0 fully saturated rings. The topological polar surface area (TPSA) is 68.0 Å². The van der Waals surface area contributed by atoms with Crippen LogP contribution in [0, 0.1) is 18.2 Å². The van der Waals surface area contributed by atoms with Crippen molar-refractivity contribution in [2.75, 3.05) is 5.32 Å². The number of nitrogens with zero attached hydrogens (tertiary/aromatic N) is 5. The molecule has 0 saturated heterocycles. The van der Waals surface area contributed by atoms with Crippen molar-refractivity contribution < 1.29 is 4.39 Å². The van der Waals surface area contributed by atoms with Gasteiger partial charge in [-0.3, -0.25) is 4.98 Å². The lowest BCUT2D eigenvalue weighted by Crippen LogP contribution is -2.25. The SMILES string of the molecule is C#Cc1cnn2c(N[C@@H]3CCC4=C(C3)c3ccccc3C4)nc(-c3cncc(F)c3)nc12. The van der Waals surface area contributed by atoms with Gasteiger partial charge in [0.2, 0.25) is 5.95 Å². The Morgan fingerprint density at radius 3 is 2.94 bits per heavy atom. The molecule has 7 heteroatoms. The highest BCUT2D eigenvalue weighted by Gasteiger charge is 2.28. The third kappa shape index (κ3) is 3.04. The van der Waals surface area contributed by atoms with Gasteiger partial charge in [-0.25, -0.2) is 9.37 Å². The second-order valence-corrected chi connectivity index (χ2v) is 8.20. The molecule has 2 aliphatic rings. The minimum Gasteiger partial charge on any atom is -0.351 e. The molecule has 0 bridgehead atoms. The van der Waals surface area contributed by atoms with E-state index in [1.165, 1.54) is 34.5 Å². The van der Waals surface area contributed by atoms with Crippen molar-refractivity contribution in [2.24, 2.45) is 0 Å². The molecule has 0 radical (unpaired) electrons. The summed E-state index contributed by atoms with van der Waals surface area (Å²) in [6.45, 7) is 0. The van der Waals surface area contributed by atoms with Gasteiger partial charge in [0, 0.05) is 17.8 Å². The number of fused-ring (bicyclic) bond motifs is 3. The van der Waals surface area contributed by atoms with Crippen molar-refractivity contribution in [3.63, 3.8) is 0 Å². The minimum absolute atomic E-state index is 0.190. The lowest BCUT2D eigenvalue weighted by molar-refractivity contribution is 0.621. The van der Waals surface area contributed by atoms with Crippen LogP contribution in [0.15, 0.2) is 54.5 Å². The van der Waals surface area contributed by atoms with Gasteiger partial charge in [-0.1, -0.05) is 35.8 Å². The van der Waals surface area contributed by atoms with Gasteiger partial charge in [0.05, 0.1) is 18.0 Å². The number of aromatic nitrogens is 5. The highest BCUT2D eigenvalue weighted by atomic mass is 19.1. The van der Waals surface area contributed by atoms with Gasteiger partial charge in [0.25, 0.3) is 0 Å². The monoisotopic (exact) mass is 422 g/mol. The standard InChI is InChI=1S/C25H19FN6/c1-2-15-13-28-32-24(15)30-23(18-10-19(26)14-27-12-18)31-25(32)29-20-8-7-17-9-16-5-3-4-6-21(16)22(17)11-20/h1,3-6,10,12-14,20H,7-9,11H2,(H,29,30,31)/t20-/m1/s1. The average molecular weight is 422 g/mol. The quantitative estimate of drug-likeness (QED) is 0.499. The van der Waals surface area contributed by atoms with E-state index in [1.54, 1.807) is 10.7 Å². The molecule has 0 aliphatic heterocycles. The van der Waals surface area contributed by atoms with Crippen LogP contribution in [0.2, 0.25) is 0 Å². The number of rotatable bonds is 3. The maximum Gasteiger partial charge on any atom is 0.228 e. The minimum atomic E-state index is -0.446. The van der Waals surface area contributed by atoms with Gasteiger partial charge >= 0.3 is 0 Å². The van der Waals surface area contributed by atoms with Crippen molar-refractivity contribution in [3.05, 3.63) is 77.0 Å². The van der Waals surface area contributed by atoms with Crippen LogP contribution >= 0.6 is 0 Å². The molecule has 6 nitrogen and oxygen atoms in total. The van der Waals surface area contributed by atoms with Crippen molar-refractivity contribution in [3.8, 4) is 23.7 Å². The summed E-state index contributed by atoms with van der Waals surface area (Å²) in [6, 6.07) is 10.2. The van der Waals surface area contributed by atoms with E-state index in [2.05, 4.69) is 55.6 Å². The van der Waals surface area contributed by atoms with Gasteiger partial charge in [0.1, 0.15) is 5.82 Å². The van der Waals surface area contributed by atoms with E-state index in [9.17, 15) is 4.39 Å². The number of hydrogen-bond donors (Lipinski definition) is 1. The molecular formula is C25H19FN6. The summed E-state index contributed by atoms with van der Waals surface area (Å²) in [5, 5.41) is 7.96. The largest absolute Gasteiger partial charge is 0.351 e. The summed E-state index contributed by atoms with van der Waals surface area (Å²) in [7, 11) is 0. The van der Waals surface area contributed by atoms with Crippen molar-refractivity contribution in [1.82, 2.24) is 24.6 Å². The predicted octanol–water partition coefficient (Wildman–Crippen LogP) is 4.28. The van der Waals surface area contributed by atoms with Crippen LogP contribution in [0.1, 0.15) is 36.0 Å². The zero-order valence-electron chi connectivity index (χ0n) is 17.2. The molecule has 1 aromatic carbocycles. The molecule has 156 valence electrons. The summed E-state index contributed by atoms with van der Waals surface area (Å²) < 4.78 is 15.4. The second-order valence-electron chi connectivity index (χ2n) is 8.20. The maximum atomic E-state index is 13.8. The summed E-state index contributed by atoms with van der Waals surface area (Å²) in [5.74, 6) is 3.06. The van der Waals surface area contributed by atoms with Crippen molar-refractivity contribution >= 4 is 17.2 Å². The van der Waals surface area contributed by atoms with Crippen LogP contribution in [-0.2, 0) is 6.42 Å². The number of allylic oxidation sites excluding steroid dienone is 1. The third-order valence-corrected chi connectivity index (χ3v) is 6.24. The molecule has 1 atom stereocenters. The van der Waals surface area contributed by atoms with Crippen LogP contribution in [0.4, 0.5) is 10.3 Å². The summed E-state index contributed by atoms with van der Waals surface area (Å²) in [6.07, 6.45) is 13.9. The molecule has 0 amide bonds. The average Bonchev–Trinajstić information content (AvgIpc) is 3.40. The predicted molar refractivity (Wildman–Crippen MR) is 120 cm³/mol. The van der Waals surface area contributed by atoms with E-state index < -0.39 is 5.82 Å². The van der Waals surface area contributed by atoms with Gasteiger partial charge in [0.15, 0.2) is 11.5 Å². The Kier molecular flexibility index (Phi) is 4.25. The van der Waals surface area contributed by atoms with Gasteiger partial charge in [-0.05, 0) is 48.4 Å². The Hall–Kier alpha value is -4.05. The maximum absolute atomic E-state index is 13.8. The number of hydrogen-bond acceptors (Lipinski definition) is 5. The molecule has 32 heavy (non-hydrogen) atoms. The molecule has 0 unspecified atom stereocenters. The fourth-order valence-corrected chi connectivity index (χ4v) is 4.73. The lowest BCUT2D eigenvalue weighted by Gasteiger charge is -2.26. The van der Waals surface area contributed by atoms with E-state index >= 15 is 0 Å². The van der Waals surface area contributed by atoms with E-state index in [0.29, 0.717) is 28.5 Å². The van der Waals surface area contributed by atoms with Crippen LogP contribution in [0.5, 0.6) is 0 Å². The third-order valence-electron chi connectivity index (χ3n) is 6.24. The highest BCUT2D eigenvalue weighted by Crippen LogP contribution is 2.42. The van der Waals surface area contributed by atoms with Gasteiger partial charge in [-0.2, -0.15) is 14.6 Å². The van der Waals surface area contributed by atoms with Crippen molar-refractivity contribution in [1.29, 1.82) is 0 Å². The van der Waals surface area contributed by atoms with Crippen LogP contribution in [0.25, 0.3) is 22.6 Å². The van der Waals surface area contributed by atoms with Crippen molar-refractivity contribution in [2.45, 2.75) is 31.7 Å². The molecule has 6 rings (SSSR count). The normalized spacial score (nSPS) is 17.2. The van der Waals surface area contributed by atoms with E-state index in [4.69, 9.17) is 6.42 Å². The van der Waals surface area contributed by atoms with Gasteiger partial charge < -0.3 is 5.32 Å². The van der Waals surface area contributed by atoms with Crippen LogP contribution in [-0.4, -0.2) is 30.6 Å². The number of nitrogens with one attached hydrogen (secondary N) is 1. The molecule has 3 aromatic heterocycles. The first-order chi connectivity index (χ1) is 15.7. The number of benzene rings is 1. The Balaban J connectivity index is 1.38. The van der Waals surface area contributed by atoms with Crippen LogP contribution < -0.4 is 5.32 Å². The van der Waals surface area contributed by atoms with Crippen LogP contribution in [0.3, 0.4) is 0 Å². The zero-order valence-corrected chi connectivity index (χ0v) is 17.2. The fourth-order valence-electron chi connectivity index (χ4n) is 4.73. The summed E-state index contributed by atoms with van der Waals surface area (Å²) in [5.41, 5.74) is 7.30. The van der Waals surface area contributed by atoms with E-state index in [0.717, 1.165) is 31.9 Å². The Bertz CT molecular complexity index is 1440. The second kappa shape index (κ2) is 7.27. The number of halogens is 1. The summed E-state index contributed by atoms with van der Waals surface area (Å²) in [4.78, 5) is 13.1. The number of anilines is 1. The first-order valence-electron chi connectivity index (χ1n) is 10.6. The molecule has 4 aromatic rings. The first-order valence-corrected chi connectivity index (χ1v) is 10.6. The summed E-state index contributed by atoms with van der Waals surface area (Å²) >= 11 is 0. The fraction of sp³-hybridized carbons (Fsp3) is 0.200. The lowest BCUT2D eigenvalue weighted by atomic mass is 9.88. The first kappa shape index (κ1) is 18.7. The molecule has 0 spiro atoms. The smallest absolute Gasteiger partial charge is 0.228 e. The number of pyridine rings is 1. The Morgan fingerprint density at radius 1 is 1.16 bits per heavy atom. The van der Waals surface area contributed by atoms with Gasteiger partial charge in [-0.15, -0.1) is 6.42 Å². The molecule has 3 heterocycles. The zero-order chi connectivity index (χ0) is 21.7. The Labute approximate surface area is 184 Å². The molecular weight excluding hydrogens is 403 g/mol. The molecule has 0 saturated carbocycles. The number of terminal acetylenes is 1. The highest BCUT2D eigenvalue weighted by molar-refractivity contribution is 5.78. The Morgan fingerprint density at radius 2 is 2.06 bits per heavy atom. The molecule has 1 N–H and O–H groups in total.